The Morgan fingerprint density at radius 2 is 1.56 bits per heavy atom. The Bertz CT molecular complexity index is 829. The predicted molar refractivity (Wildman–Crippen MR) is 93.3 cm³/mol. The lowest BCUT2D eigenvalue weighted by Gasteiger charge is -2.34. The molecule has 2 heterocycles. The van der Waals surface area contributed by atoms with E-state index in [1.165, 1.54) is 22.3 Å². The van der Waals surface area contributed by atoms with E-state index in [9.17, 15) is 9.59 Å². The first-order valence-corrected chi connectivity index (χ1v) is 8.01. The Hall–Kier alpha value is -2.92. The molecule has 0 spiro atoms. The van der Waals surface area contributed by atoms with Gasteiger partial charge in [0.05, 0.1) is 5.54 Å². The van der Waals surface area contributed by atoms with E-state index in [1.807, 2.05) is 0 Å². The Morgan fingerprint density at radius 3 is 2.20 bits per heavy atom. The van der Waals surface area contributed by atoms with Gasteiger partial charge >= 0.3 is 11.9 Å². The molecule has 4 rings (SSSR count). The first-order valence-electron chi connectivity index (χ1n) is 8.01. The lowest BCUT2D eigenvalue weighted by atomic mass is 9.82. The van der Waals surface area contributed by atoms with Gasteiger partial charge in [-0.3, -0.25) is 5.32 Å². The Labute approximate surface area is 145 Å². The highest BCUT2D eigenvalue weighted by Crippen LogP contribution is 2.47. The molecular formula is C20H19NO4. The molecule has 0 aliphatic carbocycles. The van der Waals surface area contributed by atoms with E-state index in [0.29, 0.717) is 18.2 Å². The summed E-state index contributed by atoms with van der Waals surface area (Å²) in [5.41, 5.74) is 5.88. The van der Waals surface area contributed by atoms with Crippen molar-refractivity contribution in [1.29, 1.82) is 0 Å². The van der Waals surface area contributed by atoms with Gasteiger partial charge in [0.1, 0.15) is 0 Å². The third-order valence-corrected chi connectivity index (χ3v) is 4.69. The monoisotopic (exact) mass is 337 g/mol. The number of benzene rings is 2. The fraction of sp³-hybridized carbons (Fsp3) is 0.200. The molecule has 5 nitrogen and oxygen atoms in total. The minimum atomic E-state index is -1.26. The van der Waals surface area contributed by atoms with Gasteiger partial charge in [-0.15, -0.1) is 0 Å². The highest BCUT2D eigenvalue weighted by atomic mass is 16.4. The quantitative estimate of drug-likeness (QED) is 0.734. The molecule has 2 aliphatic rings. The molecule has 0 saturated carbocycles. The van der Waals surface area contributed by atoms with Crippen LogP contribution in [0.15, 0.2) is 60.7 Å². The average Bonchev–Trinajstić information content (AvgIpc) is 2.83. The molecule has 0 radical (unpaired) electrons. The maximum Gasteiger partial charge on any atom is 0.328 e. The summed E-state index contributed by atoms with van der Waals surface area (Å²) in [6.07, 6.45) is 2.23. The lowest BCUT2D eigenvalue weighted by molar-refractivity contribution is -0.134. The summed E-state index contributed by atoms with van der Waals surface area (Å²) in [5, 5.41) is 19.4. The van der Waals surface area contributed by atoms with E-state index in [1.54, 1.807) is 0 Å². The average molecular weight is 337 g/mol. The summed E-state index contributed by atoms with van der Waals surface area (Å²) < 4.78 is 0. The van der Waals surface area contributed by atoms with Crippen LogP contribution in [-0.2, 0) is 21.5 Å². The second-order valence-corrected chi connectivity index (χ2v) is 6.28. The Balaban J connectivity index is 0.000000197. The largest absolute Gasteiger partial charge is 0.478 e. The van der Waals surface area contributed by atoms with Gasteiger partial charge < -0.3 is 10.2 Å². The van der Waals surface area contributed by atoms with Crippen LogP contribution in [0, 0.1) is 0 Å². The van der Waals surface area contributed by atoms with Crippen molar-refractivity contribution in [3.63, 3.8) is 0 Å². The summed E-state index contributed by atoms with van der Waals surface area (Å²) in [5.74, 6) is -2.51. The molecule has 5 heteroatoms. The van der Waals surface area contributed by atoms with E-state index in [2.05, 4.69) is 60.8 Å². The van der Waals surface area contributed by atoms with Gasteiger partial charge in [-0.2, -0.15) is 0 Å². The SMILES string of the molecule is CC12NC(Cc3ccccc31)c1ccccc12.O=C(O)C=CC(=O)O. The van der Waals surface area contributed by atoms with Gasteiger partial charge in [0.15, 0.2) is 0 Å². The molecule has 0 aromatic heterocycles. The summed E-state index contributed by atoms with van der Waals surface area (Å²) in [6.45, 7) is 2.31. The predicted octanol–water partition coefficient (Wildman–Crippen LogP) is 2.86. The van der Waals surface area contributed by atoms with Gasteiger partial charge in [-0.25, -0.2) is 9.59 Å². The second-order valence-electron chi connectivity index (χ2n) is 6.28. The number of hydrogen-bond acceptors (Lipinski definition) is 3. The normalized spacial score (nSPS) is 22.5. The minimum absolute atomic E-state index is 0.0100. The zero-order chi connectivity index (χ0) is 18.0. The van der Waals surface area contributed by atoms with E-state index >= 15 is 0 Å². The second kappa shape index (κ2) is 6.53. The van der Waals surface area contributed by atoms with Gasteiger partial charge in [0.2, 0.25) is 0 Å². The first kappa shape index (κ1) is 16.9. The standard InChI is InChI=1S/C16H15N.C4H4O4/c1-16-13-8-4-2-6-11(13)10-15(17-16)12-7-3-5-9-14(12)16;5-3(6)1-2-4(7)8/h2-9,15,17H,10H2,1H3;1-2H,(H,5,6)(H,7,8). The fourth-order valence-electron chi connectivity index (χ4n) is 3.69. The number of carboxylic acids is 2. The number of carboxylic acid groups (broad SMARTS) is 2. The van der Waals surface area contributed by atoms with Gasteiger partial charge in [0, 0.05) is 18.2 Å². The van der Waals surface area contributed by atoms with Crippen LogP contribution in [0.4, 0.5) is 0 Å². The van der Waals surface area contributed by atoms with Crippen molar-refractivity contribution in [3.8, 4) is 0 Å². The molecule has 128 valence electrons. The highest BCUT2D eigenvalue weighted by Gasteiger charge is 2.45. The number of rotatable bonds is 2. The number of hydrogen-bond donors (Lipinski definition) is 3. The van der Waals surface area contributed by atoms with Gasteiger partial charge in [-0.1, -0.05) is 48.5 Å². The maximum atomic E-state index is 9.55. The zero-order valence-corrected chi connectivity index (χ0v) is 13.8. The van der Waals surface area contributed by atoms with Crippen molar-refractivity contribution >= 4 is 11.9 Å². The zero-order valence-electron chi connectivity index (χ0n) is 13.8. The van der Waals surface area contributed by atoms with Crippen LogP contribution in [-0.4, -0.2) is 22.2 Å². The van der Waals surface area contributed by atoms with Crippen LogP contribution in [0.25, 0.3) is 0 Å². The molecule has 2 aromatic carbocycles. The molecule has 2 aliphatic heterocycles. The molecular weight excluding hydrogens is 318 g/mol. The molecule has 3 N–H and O–H groups in total. The summed E-state index contributed by atoms with van der Waals surface area (Å²) in [6, 6.07) is 18.2. The maximum absolute atomic E-state index is 9.55. The van der Waals surface area contributed by atoms with Crippen LogP contribution in [0.1, 0.15) is 35.2 Å². The Morgan fingerprint density at radius 1 is 1.00 bits per heavy atom. The van der Waals surface area contributed by atoms with Crippen molar-refractivity contribution in [1.82, 2.24) is 5.32 Å². The molecule has 0 fully saturated rings. The van der Waals surface area contributed by atoms with Crippen LogP contribution >= 0.6 is 0 Å². The topological polar surface area (TPSA) is 86.6 Å². The van der Waals surface area contributed by atoms with E-state index in [0.717, 1.165) is 6.42 Å². The van der Waals surface area contributed by atoms with Crippen molar-refractivity contribution in [2.45, 2.75) is 24.9 Å². The Kier molecular flexibility index (Phi) is 4.42. The smallest absolute Gasteiger partial charge is 0.328 e. The highest BCUT2D eigenvalue weighted by molar-refractivity contribution is 5.89. The van der Waals surface area contributed by atoms with Crippen molar-refractivity contribution in [3.05, 3.63) is 82.9 Å². The van der Waals surface area contributed by atoms with Crippen LogP contribution in [0.3, 0.4) is 0 Å². The van der Waals surface area contributed by atoms with Crippen LogP contribution in [0.5, 0.6) is 0 Å². The number of fused-ring (bicyclic) bond motifs is 7. The molecule has 25 heavy (non-hydrogen) atoms. The van der Waals surface area contributed by atoms with Crippen molar-refractivity contribution in [2.75, 3.05) is 0 Å². The minimum Gasteiger partial charge on any atom is -0.478 e. The molecule has 0 amide bonds. The molecule has 2 bridgehead atoms. The van der Waals surface area contributed by atoms with E-state index in [4.69, 9.17) is 10.2 Å². The van der Waals surface area contributed by atoms with Crippen LogP contribution in [0.2, 0.25) is 0 Å². The molecule has 0 saturated heterocycles. The van der Waals surface area contributed by atoms with Gasteiger partial charge in [-0.05, 0) is 35.6 Å². The van der Waals surface area contributed by atoms with E-state index in [-0.39, 0.29) is 5.54 Å². The molecule has 2 unspecified atom stereocenters. The number of aliphatic carboxylic acids is 2. The van der Waals surface area contributed by atoms with E-state index < -0.39 is 11.9 Å². The molecule has 2 atom stereocenters. The molecule has 2 aromatic rings. The third-order valence-electron chi connectivity index (χ3n) is 4.69. The first-order chi connectivity index (χ1) is 11.9. The third kappa shape index (κ3) is 3.19. The summed E-state index contributed by atoms with van der Waals surface area (Å²) in [7, 11) is 0. The summed E-state index contributed by atoms with van der Waals surface area (Å²) >= 11 is 0. The number of carbonyl (C=O) groups is 2. The van der Waals surface area contributed by atoms with Crippen molar-refractivity contribution in [2.24, 2.45) is 0 Å². The van der Waals surface area contributed by atoms with Gasteiger partial charge in [0.25, 0.3) is 0 Å². The van der Waals surface area contributed by atoms with Crippen molar-refractivity contribution < 1.29 is 19.8 Å². The lowest BCUT2D eigenvalue weighted by Crippen LogP contribution is -2.41. The summed E-state index contributed by atoms with van der Waals surface area (Å²) in [4.78, 5) is 19.1. The fourth-order valence-corrected chi connectivity index (χ4v) is 3.69. The number of nitrogens with one attached hydrogen (secondary N) is 1. The van der Waals surface area contributed by atoms with Crippen LogP contribution < -0.4 is 5.32 Å².